The zero-order valence-electron chi connectivity index (χ0n) is 20.3. The van der Waals surface area contributed by atoms with Gasteiger partial charge in [0.15, 0.2) is 0 Å². The molecule has 2 aromatic rings. The Bertz CT molecular complexity index is 1330. The van der Waals surface area contributed by atoms with Crippen molar-refractivity contribution in [3.05, 3.63) is 68.7 Å². The fourth-order valence-electron chi connectivity index (χ4n) is 4.70. The molecule has 0 bridgehead atoms. The van der Waals surface area contributed by atoms with Gasteiger partial charge in [0.2, 0.25) is 0 Å². The number of anilines is 2. The molecule has 1 saturated heterocycles. The first-order valence-corrected chi connectivity index (χ1v) is 12.2. The Kier molecular flexibility index (Phi) is 6.56. The van der Waals surface area contributed by atoms with E-state index in [1.54, 1.807) is 6.08 Å². The van der Waals surface area contributed by atoms with E-state index < -0.39 is 17.8 Å². The van der Waals surface area contributed by atoms with Crippen molar-refractivity contribution in [2.45, 2.75) is 46.6 Å². The maximum absolute atomic E-state index is 13.3. The van der Waals surface area contributed by atoms with Gasteiger partial charge >= 0.3 is 6.03 Å². The van der Waals surface area contributed by atoms with Crippen molar-refractivity contribution in [2.24, 2.45) is 0 Å². The number of halogens is 2. The fourth-order valence-corrected chi connectivity index (χ4v) is 5.00. The summed E-state index contributed by atoms with van der Waals surface area (Å²) in [6, 6.07) is 7.67. The lowest BCUT2D eigenvalue weighted by Gasteiger charge is -2.43. The summed E-state index contributed by atoms with van der Waals surface area (Å²) in [7, 11) is 0. The van der Waals surface area contributed by atoms with Crippen LogP contribution in [-0.4, -0.2) is 29.9 Å². The zero-order valence-corrected chi connectivity index (χ0v) is 21.8. The van der Waals surface area contributed by atoms with Gasteiger partial charge in [-0.1, -0.05) is 36.2 Å². The van der Waals surface area contributed by atoms with Gasteiger partial charge in [-0.05, 0) is 87.2 Å². The number of hydrogen-bond donors (Lipinski definition) is 1. The van der Waals surface area contributed by atoms with Crippen LogP contribution in [0.25, 0.3) is 11.6 Å². The molecule has 0 saturated carbocycles. The third-order valence-corrected chi connectivity index (χ3v) is 7.11. The number of rotatable bonds is 4. The van der Waals surface area contributed by atoms with Crippen molar-refractivity contribution in [3.8, 4) is 0 Å². The minimum atomic E-state index is -0.839. The highest BCUT2D eigenvalue weighted by atomic mass is 35.5. The summed E-state index contributed by atoms with van der Waals surface area (Å²) in [6.07, 6.45) is 4.79. The molecule has 0 spiro atoms. The minimum Gasteiger partial charge on any atom is -0.362 e. The molecule has 182 valence electrons. The largest absolute Gasteiger partial charge is 0.362 e. The third-order valence-electron chi connectivity index (χ3n) is 6.38. The van der Waals surface area contributed by atoms with Crippen molar-refractivity contribution < 1.29 is 14.4 Å². The van der Waals surface area contributed by atoms with Gasteiger partial charge in [0, 0.05) is 17.8 Å². The molecule has 2 aliphatic rings. The molecule has 6 nitrogen and oxygen atoms in total. The Morgan fingerprint density at radius 2 is 1.74 bits per heavy atom. The number of barbiturate groups is 1. The van der Waals surface area contributed by atoms with Gasteiger partial charge in [-0.25, -0.2) is 9.69 Å². The second-order valence-electron chi connectivity index (χ2n) is 9.41. The molecule has 4 rings (SSSR count). The van der Waals surface area contributed by atoms with Gasteiger partial charge in [0.1, 0.15) is 5.57 Å². The van der Waals surface area contributed by atoms with Crippen LogP contribution in [0.15, 0.2) is 42.0 Å². The predicted octanol–water partition coefficient (Wildman–Crippen LogP) is 6.38. The maximum atomic E-state index is 13.3. The van der Waals surface area contributed by atoms with E-state index in [0.717, 1.165) is 45.8 Å². The van der Waals surface area contributed by atoms with Crippen molar-refractivity contribution in [1.82, 2.24) is 5.32 Å². The number of carbonyl (C=O) groups is 3. The summed E-state index contributed by atoms with van der Waals surface area (Å²) in [5.74, 6) is -1.47. The standard InChI is InChI=1S/C27H27Cl2N3O3/c1-6-9-31-23-10-15(2)17(11-19(23)16(3)14-27(31,4)5)12-20-24(33)30-26(35)32(25(20)34)18-7-8-21(28)22(29)13-18/h7-8,10-14H,6,9H2,1-5H3,(H,30,33,35)/b20-12-. The van der Waals surface area contributed by atoms with E-state index in [-0.39, 0.29) is 21.8 Å². The topological polar surface area (TPSA) is 69.7 Å². The highest BCUT2D eigenvalue weighted by Gasteiger charge is 2.37. The quantitative estimate of drug-likeness (QED) is 0.381. The number of imide groups is 2. The Balaban J connectivity index is 1.79. The van der Waals surface area contributed by atoms with Gasteiger partial charge in [0.25, 0.3) is 11.8 Å². The summed E-state index contributed by atoms with van der Waals surface area (Å²) in [4.78, 5) is 41.8. The SMILES string of the molecule is CCCN1c2cc(C)c(/C=C3/C(=O)NC(=O)N(c4ccc(Cl)c(Cl)c4)C3=O)cc2C(C)=CC1(C)C. The van der Waals surface area contributed by atoms with Crippen molar-refractivity contribution in [1.29, 1.82) is 0 Å². The number of carbonyl (C=O) groups excluding carboxylic acids is 3. The van der Waals surface area contributed by atoms with Gasteiger partial charge in [-0.2, -0.15) is 0 Å². The van der Waals surface area contributed by atoms with Gasteiger partial charge < -0.3 is 4.90 Å². The number of nitrogens with zero attached hydrogens (tertiary/aromatic N) is 2. The van der Waals surface area contributed by atoms with Crippen LogP contribution in [0.1, 0.15) is 50.8 Å². The van der Waals surface area contributed by atoms with E-state index in [2.05, 4.69) is 50.1 Å². The summed E-state index contributed by atoms with van der Waals surface area (Å²) in [5.41, 5.74) is 4.92. The Morgan fingerprint density at radius 3 is 2.40 bits per heavy atom. The van der Waals surface area contributed by atoms with E-state index in [4.69, 9.17) is 23.2 Å². The minimum absolute atomic E-state index is 0.126. The summed E-state index contributed by atoms with van der Waals surface area (Å²) in [6.45, 7) is 11.5. The first kappa shape index (κ1) is 25.0. The molecular formula is C27H27Cl2N3O3. The molecule has 8 heteroatoms. The van der Waals surface area contributed by atoms with Gasteiger partial charge in [-0.15, -0.1) is 0 Å². The number of amides is 4. The number of aryl methyl sites for hydroxylation is 1. The molecule has 0 aromatic heterocycles. The average molecular weight is 512 g/mol. The van der Waals surface area contributed by atoms with Gasteiger partial charge in [0.05, 0.1) is 21.3 Å². The Morgan fingerprint density at radius 1 is 1.03 bits per heavy atom. The van der Waals surface area contributed by atoms with Crippen molar-refractivity contribution >= 4 is 64.1 Å². The van der Waals surface area contributed by atoms with Crippen molar-refractivity contribution in [2.75, 3.05) is 16.3 Å². The molecule has 2 heterocycles. The highest BCUT2D eigenvalue weighted by Crippen LogP contribution is 2.41. The maximum Gasteiger partial charge on any atom is 0.335 e. The molecule has 1 fully saturated rings. The van der Waals surface area contributed by atoms with E-state index in [9.17, 15) is 14.4 Å². The van der Waals surface area contributed by atoms with E-state index >= 15 is 0 Å². The Labute approximate surface area is 215 Å². The fraction of sp³-hybridized carbons (Fsp3) is 0.296. The monoisotopic (exact) mass is 511 g/mol. The lowest BCUT2D eigenvalue weighted by molar-refractivity contribution is -0.122. The number of benzene rings is 2. The highest BCUT2D eigenvalue weighted by molar-refractivity contribution is 6.43. The molecule has 2 aromatic carbocycles. The molecule has 0 radical (unpaired) electrons. The lowest BCUT2D eigenvalue weighted by Crippen LogP contribution is -2.54. The van der Waals surface area contributed by atoms with Crippen LogP contribution in [0.5, 0.6) is 0 Å². The molecule has 0 atom stereocenters. The van der Waals surface area contributed by atoms with E-state index in [0.29, 0.717) is 5.02 Å². The van der Waals surface area contributed by atoms with Crippen LogP contribution in [0.2, 0.25) is 10.0 Å². The second kappa shape index (κ2) is 9.17. The van der Waals surface area contributed by atoms with Crippen LogP contribution in [0, 0.1) is 6.92 Å². The van der Waals surface area contributed by atoms with Crippen LogP contribution in [-0.2, 0) is 9.59 Å². The lowest BCUT2D eigenvalue weighted by atomic mass is 9.86. The van der Waals surface area contributed by atoms with Crippen LogP contribution < -0.4 is 15.1 Å². The number of fused-ring (bicyclic) bond motifs is 1. The summed E-state index contributed by atoms with van der Waals surface area (Å²) < 4.78 is 0. The first-order chi connectivity index (χ1) is 16.4. The molecule has 1 N–H and O–H groups in total. The molecule has 0 aliphatic carbocycles. The zero-order chi connectivity index (χ0) is 25.7. The number of nitrogens with one attached hydrogen (secondary N) is 1. The van der Waals surface area contributed by atoms with Crippen LogP contribution >= 0.6 is 23.2 Å². The summed E-state index contributed by atoms with van der Waals surface area (Å²) >= 11 is 12.1. The molecule has 35 heavy (non-hydrogen) atoms. The number of allylic oxidation sites excluding steroid dienone is 1. The molecular weight excluding hydrogens is 485 g/mol. The predicted molar refractivity (Wildman–Crippen MR) is 142 cm³/mol. The number of urea groups is 1. The average Bonchev–Trinajstić information content (AvgIpc) is 2.76. The second-order valence-corrected chi connectivity index (χ2v) is 10.2. The van der Waals surface area contributed by atoms with Gasteiger partial charge in [-0.3, -0.25) is 14.9 Å². The molecule has 2 aliphatic heterocycles. The molecule has 4 amide bonds. The van der Waals surface area contributed by atoms with Crippen molar-refractivity contribution in [3.63, 3.8) is 0 Å². The van der Waals surface area contributed by atoms with E-state index in [1.807, 2.05) is 13.0 Å². The smallest absolute Gasteiger partial charge is 0.335 e. The van der Waals surface area contributed by atoms with Crippen LogP contribution in [0.3, 0.4) is 0 Å². The number of hydrogen-bond acceptors (Lipinski definition) is 4. The van der Waals surface area contributed by atoms with E-state index in [1.165, 1.54) is 18.2 Å². The summed E-state index contributed by atoms with van der Waals surface area (Å²) in [5, 5.41) is 2.74. The Hall–Kier alpha value is -3.09. The molecule has 0 unspecified atom stereocenters. The van der Waals surface area contributed by atoms with Crippen LogP contribution in [0.4, 0.5) is 16.2 Å². The third kappa shape index (κ3) is 4.48. The normalized spacial score (nSPS) is 18.5. The first-order valence-electron chi connectivity index (χ1n) is 11.4.